The van der Waals surface area contributed by atoms with Crippen molar-refractivity contribution in [2.24, 2.45) is 0 Å². The highest BCUT2D eigenvalue weighted by molar-refractivity contribution is 7.92. The van der Waals surface area contributed by atoms with Crippen LogP contribution in [-0.2, 0) is 9.84 Å². The zero-order valence-electron chi connectivity index (χ0n) is 8.95. The Morgan fingerprint density at radius 1 is 1.20 bits per heavy atom. The van der Waals surface area contributed by atoms with Crippen LogP contribution in [0.25, 0.3) is 5.57 Å². The van der Waals surface area contributed by atoms with E-state index in [0.717, 1.165) is 16.7 Å². The summed E-state index contributed by atoms with van der Waals surface area (Å²) < 4.78 is 22.7. The highest BCUT2D eigenvalue weighted by Gasteiger charge is 2.21. The van der Waals surface area contributed by atoms with E-state index < -0.39 is 9.84 Å². The molecule has 1 aromatic rings. The van der Waals surface area contributed by atoms with Crippen LogP contribution in [0, 0.1) is 13.8 Å². The minimum Gasteiger partial charge on any atom is -0.228 e. The number of aryl methyl sites for hydroxylation is 2. The summed E-state index contributed by atoms with van der Waals surface area (Å²) in [6.07, 6.45) is 1.83. The zero-order chi connectivity index (χ0) is 11.1. The molecule has 1 aliphatic heterocycles. The Balaban J connectivity index is 2.40. The molecule has 0 fully saturated rings. The molecule has 3 heteroatoms. The van der Waals surface area contributed by atoms with Crippen molar-refractivity contribution >= 4 is 15.4 Å². The first kappa shape index (κ1) is 10.4. The Labute approximate surface area is 90.6 Å². The van der Waals surface area contributed by atoms with Gasteiger partial charge in [-0.3, -0.25) is 0 Å². The third-order valence-electron chi connectivity index (χ3n) is 2.69. The molecule has 0 aromatic heterocycles. The maximum absolute atomic E-state index is 11.3. The second kappa shape index (κ2) is 3.49. The first-order valence-electron chi connectivity index (χ1n) is 4.95. The van der Waals surface area contributed by atoms with Gasteiger partial charge in [0.15, 0.2) is 9.84 Å². The minimum atomic E-state index is -2.86. The van der Waals surface area contributed by atoms with Crippen molar-refractivity contribution in [2.45, 2.75) is 13.8 Å². The summed E-state index contributed by atoms with van der Waals surface area (Å²) in [4.78, 5) is 0. The minimum absolute atomic E-state index is 0.190. The van der Waals surface area contributed by atoms with E-state index in [0.29, 0.717) is 0 Å². The predicted octanol–water partition coefficient (Wildman–Crippen LogP) is 2.12. The second-order valence-corrected chi connectivity index (χ2v) is 6.21. The van der Waals surface area contributed by atoms with Gasteiger partial charge in [0.25, 0.3) is 0 Å². The largest absolute Gasteiger partial charge is 0.228 e. The Hall–Kier alpha value is -1.09. The molecular weight excluding hydrogens is 208 g/mol. The van der Waals surface area contributed by atoms with Crippen molar-refractivity contribution in [3.05, 3.63) is 41.0 Å². The number of hydrogen-bond donors (Lipinski definition) is 0. The monoisotopic (exact) mass is 222 g/mol. The lowest BCUT2D eigenvalue weighted by atomic mass is 10.00. The van der Waals surface area contributed by atoms with Gasteiger partial charge in [0, 0.05) is 0 Å². The Morgan fingerprint density at radius 2 is 1.93 bits per heavy atom. The van der Waals surface area contributed by atoms with Gasteiger partial charge in [-0.25, -0.2) is 8.42 Å². The van der Waals surface area contributed by atoms with Gasteiger partial charge in [0.2, 0.25) is 0 Å². The maximum Gasteiger partial charge on any atom is 0.158 e. The van der Waals surface area contributed by atoms with Crippen molar-refractivity contribution in [2.75, 3.05) is 11.5 Å². The maximum atomic E-state index is 11.3. The molecule has 80 valence electrons. The highest BCUT2D eigenvalue weighted by atomic mass is 32.2. The van der Waals surface area contributed by atoms with E-state index in [1.54, 1.807) is 0 Å². The smallest absolute Gasteiger partial charge is 0.158 e. The summed E-state index contributed by atoms with van der Waals surface area (Å²) in [5.74, 6) is 0.381. The van der Waals surface area contributed by atoms with Gasteiger partial charge in [-0.2, -0.15) is 0 Å². The molecule has 0 spiro atoms. The van der Waals surface area contributed by atoms with Crippen molar-refractivity contribution in [1.82, 2.24) is 0 Å². The van der Waals surface area contributed by atoms with E-state index in [4.69, 9.17) is 0 Å². The van der Waals surface area contributed by atoms with Gasteiger partial charge >= 0.3 is 0 Å². The van der Waals surface area contributed by atoms with E-state index in [-0.39, 0.29) is 11.5 Å². The van der Waals surface area contributed by atoms with Crippen LogP contribution in [-0.4, -0.2) is 19.9 Å². The average molecular weight is 222 g/mol. The summed E-state index contributed by atoms with van der Waals surface area (Å²) >= 11 is 0. The van der Waals surface area contributed by atoms with Gasteiger partial charge in [-0.15, -0.1) is 0 Å². The SMILES string of the molecule is Cc1ccc(C2=CCS(=O)(=O)C2)c(C)c1. The fourth-order valence-corrected chi connectivity index (χ4v) is 3.26. The van der Waals surface area contributed by atoms with Crippen LogP contribution in [0.1, 0.15) is 16.7 Å². The summed E-state index contributed by atoms with van der Waals surface area (Å²) in [6, 6.07) is 6.12. The Bertz CT molecular complexity index is 525. The molecule has 0 saturated heterocycles. The summed E-state index contributed by atoms with van der Waals surface area (Å²) in [7, 11) is -2.86. The van der Waals surface area contributed by atoms with Crippen LogP contribution in [0.5, 0.6) is 0 Å². The number of benzene rings is 1. The molecule has 15 heavy (non-hydrogen) atoms. The first-order valence-corrected chi connectivity index (χ1v) is 6.77. The van der Waals surface area contributed by atoms with E-state index in [1.807, 2.05) is 32.1 Å². The fourth-order valence-electron chi connectivity index (χ4n) is 1.94. The molecule has 0 atom stereocenters. The molecule has 2 rings (SSSR count). The van der Waals surface area contributed by atoms with Crippen molar-refractivity contribution in [3.8, 4) is 0 Å². The average Bonchev–Trinajstić information content (AvgIpc) is 2.46. The third-order valence-corrected chi connectivity index (χ3v) is 4.11. The topological polar surface area (TPSA) is 34.1 Å². The van der Waals surface area contributed by atoms with Crippen LogP contribution in [0.4, 0.5) is 0 Å². The van der Waals surface area contributed by atoms with E-state index in [9.17, 15) is 8.42 Å². The Kier molecular flexibility index (Phi) is 2.43. The van der Waals surface area contributed by atoms with Gasteiger partial charge < -0.3 is 0 Å². The lowest BCUT2D eigenvalue weighted by Gasteiger charge is -2.06. The van der Waals surface area contributed by atoms with E-state index >= 15 is 0 Å². The van der Waals surface area contributed by atoms with Crippen LogP contribution in [0.3, 0.4) is 0 Å². The van der Waals surface area contributed by atoms with E-state index in [1.165, 1.54) is 5.56 Å². The molecule has 0 aliphatic carbocycles. The highest BCUT2D eigenvalue weighted by Crippen LogP contribution is 2.25. The lowest BCUT2D eigenvalue weighted by Crippen LogP contribution is -2.03. The molecule has 0 N–H and O–H groups in total. The third kappa shape index (κ3) is 2.12. The summed E-state index contributed by atoms with van der Waals surface area (Å²) in [5.41, 5.74) is 4.38. The number of sulfone groups is 1. The van der Waals surface area contributed by atoms with Crippen LogP contribution < -0.4 is 0 Å². The molecule has 0 bridgehead atoms. The summed E-state index contributed by atoms with van der Waals surface area (Å²) in [6.45, 7) is 4.06. The van der Waals surface area contributed by atoms with Crippen LogP contribution >= 0.6 is 0 Å². The van der Waals surface area contributed by atoms with Crippen molar-refractivity contribution in [3.63, 3.8) is 0 Å². The summed E-state index contributed by atoms with van der Waals surface area (Å²) in [5, 5.41) is 0. The van der Waals surface area contributed by atoms with Gasteiger partial charge in [0.1, 0.15) is 0 Å². The van der Waals surface area contributed by atoms with Gasteiger partial charge in [-0.05, 0) is 30.5 Å². The molecule has 1 aromatic carbocycles. The fraction of sp³-hybridized carbons (Fsp3) is 0.333. The normalized spacial score (nSPS) is 18.9. The molecule has 0 radical (unpaired) electrons. The van der Waals surface area contributed by atoms with Crippen molar-refractivity contribution < 1.29 is 8.42 Å². The predicted molar refractivity (Wildman–Crippen MR) is 62.5 cm³/mol. The van der Waals surface area contributed by atoms with Crippen LogP contribution in [0.15, 0.2) is 24.3 Å². The first-order chi connectivity index (χ1) is 6.98. The lowest BCUT2D eigenvalue weighted by molar-refractivity contribution is 0.603. The molecule has 0 unspecified atom stereocenters. The molecule has 1 heterocycles. The van der Waals surface area contributed by atoms with Gasteiger partial charge in [0.05, 0.1) is 11.5 Å². The molecule has 0 amide bonds. The molecular formula is C12H14O2S. The van der Waals surface area contributed by atoms with Crippen molar-refractivity contribution in [1.29, 1.82) is 0 Å². The molecule has 0 saturated carbocycles. The Morgan fingerprint density at radius 3 is 2.47 bits per heavy atom. The molecule has 2 nitrogen and oxygen atoms in total. The molecule has 1 aliphatic rings. The zero-order valence-corrected chi connectivity index (χ0v) is 9.76. The van der Waals surface area contributed by atoms with Crippen LogP contribution in [0.2, 0.25) is 0 Å². The number of rotatable bonds is 1. The van der Waals surface area contributed by atoms with Gasteiger partial charge in [-0.1, -0.05) is 29.8 Å². The second-order valence-electron chi connectivity index (χ2n) is 4.10. The standard InChI is InChI=1S/C12H14O2S/c1-9-3-4-12(10(2)7-9)11-5-6-15(13,14)8-11/h3-5,7H,6,8H2,1-2H3. The number of hydrogen-bond acceptors (Lipinski definition) is 2. The van der Waals surface area contributed by atoms with E-state index in [2.05, 4.69) is 6.07 Å². The quantitative estimate of drug-likeness (QED) is 0.729.